The van der Waals surface area contributed by atoms with E-state index in [1.54, 1.807) is 18.2 Å². The second-order valence-electron chi connectivity index (χ2n) is 3.31. The molecule has 0 aliphatic heterocycles. The molecule has 88 valence electrons. The van der Waals surface area contributed by atoms with E-state index >= 15 is 0 Å². The SMILES string of the molecule is COC(=O)c1sc2cc(NC=O)ccc2c1N. The third kappa shape index (κ3) is 1.94. The fourth-order valence-corrected chi connectivity index (χ4v) is 2.60. The van der Waals surface area contributed by atoms with E-state index in [1.165, 1.54) is 18.4 Å². The zero-order valence-corrected chi connectivity index (χ0v) is 9.84. The van der Waals surface area contributed by atoms with Crippen LogP contribution in [0, 0.1) is 0 Å². The summed E-state index contributed by atoms with van der Waals surface area (Å²) in [5.74, 6) is -0.450. The zero-order chi connectivity index (χ0) is 12.4. The number of esters is 1. The minimum atomic E-state index is -0.450. The van der Waals surface area contributed by atoms with Crippen LogP contribution in [0.3, 0.4) is 0 Å². The summed E-state index contributed by atoms with van der Waals surface area (Å²) in [6, 6.07) is 5.25. The van der Waals surface area contributed by atoms with Gasteiger partial charge < -0.3 is 15.8 Å². The van der Waals surface area contributed by atoms with Crippen LogP contribution >= 0.6 is 11.3 Å². The van der Waals surface area contributed by atoms with Gasteiger partial charge in [0.15, 0.2) is 0 Å². The van der Waals surface area contributed by atoms with Crippen LogP contribution in [0.5, 0.6) is 0 Å². The number of hydrogen-bond acceptors (Lipinski definition) is 5. The van der Waals surface area contributed by atoms with Crippen molar-refractivity contribution in [1.82, 2.24) is 0 Å². The molecular weight excluding hydrogens is 240 g/mol. The van der Waals surface area contributed by atoms with Gasteiger partial charge in [0.25, 0.3) is 0 Å². The van der Waals surface area contributed by atoms with Gasteiger partial charge in [-0.1, -0.05) is 0 Å². The first-order valence-corrected chi connectivity index (χ1v) is 5.59. The van der Waals surface area contributed by atoms with E-state index in [1.807, 2.05) is 0 Å². The molecule has 3 N–H and O–H groups in total. The fraction of sp³-hybridized carbons (Fsp3) is 0.0909. The number of carbonyl (C=O) groups excluding carboxylic acids is 2. The quantitative estimate of drug-likeness (QED) is 0.643. The van der Waals surface area contributed by atoms with Crippen molar-refractivity contribution in [3.05, 3.63) is 23.1 Å². The molecule has 1 amide bonds. The molecule has 0 radical (unpaired) electrons. The van der Waals surface area contributed by atoms with E-state index in [0.717, 1.165) is 10.1 Å². The fourth-order valence-electron chi connectivity index (χ4n) is 1.52. The molecule has 0 atom stereocenters. The minimum Gasteiger partial charge on any atom is -0.465 e. The highest BCUT2D eigenvalue weighted by Crippen LogP contribution is 2.35. The number of carbonyl (C=O) groups is 2. The molecule has 17 heavy (non-hydrogen) atoms. The first-order chi connectivity index (χ1) is 8.17. The lowest BCUT2D eigenvalue weighted by Crippen LogP contribution is -2.01. The lowest BCUT2D eigenvalue weighted by atomic mass is 10.2. The second-order valence-corrected chi connectivity index (χ2v) is 4.36. The van der Waals surface area contributed by atoms with E-state index in [2.05, 4.69) is 10.1 Å². The Labute approximate surface area is 101 Å². The minimum absolute atomic E-state index is 0.380. The van der Waals surface area contributed by atoms with Gasteiger partial charge in [-0.15, -0.1) is 11.3 Å². The molecule has 0 fully saturated rings. The average Bonchev–Trinajstić information content (AvgIpc) is 2.66. The molecule has 0 aliphatic rings. The Balaban J connectivity index is 2.56. The van der Waals surface area contributed by atoms with Gasteiger partial charge >= 0.3 is 5.97 Å². The van der Waals surface area contributed by atoms with E-state index in [4.69, 9.17) is 5.73 Å². The third-order valence-corrected chi connectivity index (χ3v) is 3.47. The Morgan fingerprint density at radius 2 is 2.29 bits per heavy atom. The van der Waals surface area contributed by atoms with Crippen molar-refractivity contribution in [2.75, 3.05) is 18.2 Å². The smallest absolute Gasteiger partial charge is 0.350 e. The highest BCUT2D eigenvalue weighted by Gasteiger charge is 2.16. The first kappa shape index (κ1) is 11.4. The van der Waals surface area contributed by atoms with Crippen LogP contribution in [0.25, 0.3) is 10.1 Å². The van der Waals surface area contributed by atoms with Crippen molar-refractivity contribution in [1.29, 1.82) is 0 Å². The van der Waals surface area contributed by atoms with Gasteiger partial charge in [-0.3, -0.25) is 4.79 Å². The number of nitrogen functional groups attached to an aromatic ring is 1. The number of ether oxygens (including phenoxy) is 1. The largest absolute Gasteiger partial charge is 0.465 e. The summed E-state index contributed by atoms with van der Waals surface area (Å²) in [5, 5.41) is 3.32. The lowest BCUT2D eigenvalue weighted by Gasteiger charge is -1.98. The number of amides is 1. The molecule has 1 aromatic carbocycles. The summed E-state index contributed by atoms with van der Waals surface area (Å²) in [6.45, 7) is 0. The molecule has 2 aromatic rings. The summed E-state index contributed by atoms with van der Waals surface area (Å²) in [6.07, 6.45) is 0.597. The lowest BCUT2D eigenvalue weighted by molar-refractivity contribution is -0.105. The van der Waals surface area contributed by atoms with Gasteiger partial charge in [0.2, 0.25) is 6.41 Å². The van der Waals surface area contributed by atoms with Crippen LogP contribution in [0.4, 0.5) is 11.4 Å². The molecular formula is C11H10N2O3S. The predicted molar refractivity (Wildman–Crippen MR) is 67.3 cm³/mol. The number of benzene rings is 1. The zero-order valence-electron chi connectivity index (χ0n) is 9.02. The van der Waals surface area contributed by atoms with Crippen molar-refractivity contribution in [2.24, 2.45) is 0 Å². The molecule has 0 bridgehead atoms. The van der Waals surface area contributed by atoms with E-state index in [9.17, 15) is 9.59 Å². The van der Waals surface area contributed by atoms with Crippen LogP contribution in [-0.4, -0.2) is 19.5 Å². The number of fused-ring (bicyclic) bond motifs is 1. The molecule has 6 heteroatoms. The van der Waals surface area contributed by atoms with Gasteiger partial charge in [0.05, 0.1) is 12.8 Å². The molecule has 0 aliphatic carbocycles. The Morgan fingerprint density at radius 1 is 1.53 bits per heavy atom. The van der Waals surface area contributed by atoms with Crippen LogP contribution < -0.4 is 11.1 Å². The maximum atomic E-state index is 11.5. The van der Waals surface area contributed by atoms with Gasteiger partial charge in [0.1, 0.15) is 4.88 Å². The summed E-state index contributed by atoms with van der Waals surface area (Å²) in [7, 11) is 1.31. The van der Waals surface area contributed by atoms with Crippen molar-refractivity contribution >= 4 is 45.2 Å². The maximum absolute atomic E-state index is 11.5. The van der Waals surface area contributed by atoms with E-state index in [0.29, 0.717) is 22.7 Å². The Hall–Kier alpha value is -2.08. The van der Waals surface area contributed by atoms with Crippen molar-refractivity contribution in [2.45, 2.75) is 0 Å². The number of nitrogens with two attached hydrogens (primary N) is 1. The van der Waals surface area contributed by atoms with Gasteiger partial charge in [-0.2, -0.15) is 0 Å². The summed E-state index contributed by atoms with van der Waals surface area (Å²) in [5.41, 5.74) is 6.93. The highest BCUT2D eigenvalue weighted by atomic mass is 32.1. The number of methoxy groups -OCH3 is 1. The molecule has 1 heterocycles. The summed E-state index contributed by atoms with van der Waals surface area (Å²) < 4.78 is 5.47. The number of thiophene rings is 1. The summed E-state index contributed by atoms with van der Waals surface area (Å²) in [4.78, 5) is 22.2. The van der Waals surface area contributed by atoms with Crippen LogP contribution in [0.1, 0.15) is 9.67 Å². The monoisotopic (exact) mass is 250 g/mol. The predicted octanol–water partition coefficient (Wildman–Crippen LogP) is 1.84. The number of nitrogens with one attached hydrogen (secondary N) is 1. The Kier molecular flexibility index (Phi) is 2.97. The Bertz CT molecular complexity index is 592. The molecule has 1 aromatic heterocycles. The highest BCUT2D eigenvalue weighted by molar-refractivity contribution is 7.21. The molecule has 2 rings (SSSR count). The van der Waals surface area contributed by atoms with E-state index in [-0.39, 0.29) is 0 Å². The van der Waals surface area contributed by atoms with Gasteiger partial charge in [-0.25, -0.2) is 4.79 Å². The molecule has 0 spiro atoms. The maximum Gasteiger partial charge on any atom is 0.350 e. The van der Waals surface area contributed by atoms with Crippen molar-refractivity contribution in [3.63, 3.8) is 0 Å². The molecule has 0 saturated carbocycles. The van der Waals surface area contributed by atoms with Crippen LogP contribution in [0.15, 0.2) is 18.2 Å². The van der Waals surface area contributed by atoms with Gasteiger partial charge in [0, 0.05) is 15.8 Å². The number of anilines is 2. The summed E-state index contributed by atoms with van der Waals surface area (Å²) >= 11 is 1.24. The topological polar surface area (TPSA) is 81.4 Å². The Morgan fingerprint density at radius 3 is 2.94 bits per heavy atom. The normalized spacial score (nSPS) is 10.2. The van der Waals surface area contributed by atoms with Crippen LogP contribution in [-0.2, 0) is 9.53 Å². The number of rotatable bonds is 3. The standard InChI is InChI=1S/C11H10N2O3S/c1-16-11(15)10-9(12)7-3-2-6(13-5-14)4-8(7)17-10/h2-5H,12H2,1H3,(H,13,14). The van der Waals surface area contributed by atoms with Crippen molar-refractivity contribution in [3.8, 4) is 0 Å². The molecule has 5 nitrogen and oxygen atoms in total. The van der Waals surface area contributed by atoms with Crippen molar-refractivity contribution < 1.29 is 14.3 Å². The third-order valence-electron chi connectivity index (χ3n) is 2.32. The number of hydrogen-bond donors (Lipinski definition) is 2. The molecule has 0 saturated heterocycles. The first-order valence-electron chi connectivity index (χ1n) is 4.78. The van der Waals surface area contributed by atoms with Crippen LogP contribution in [0.2, 0.25) is 0 Å². The second kappa shape index (κ2) is 4.42. The molecule has 0 unspecified atom stereocenters. The van der Waals surface area contributed by atoms with Gasteiger partial charge in [-0.05, 0) is 18.2 Å². The average molecular weight is 250 g/mol. The van der Waals surface area contributed by atoms with E-state index < -0.39 is 5.97 Å².